The van der Waals surface area contributed by atoms with Crippen LogP contribution in [0.25, 0.3) is 0 Å². The molecule has 142 valence electrons. The molecule has 2 unspecified atom stereocenters. The Morgan fingerprint density at radius 1 is 1.36 bits per heavy atom. The first-order chi connectivity index (χ1) is 11.5. The molecule has 0 aromatic heterocycles. The highest BCUT2D eigenvalue weighted by Crippen LogP contribution is 2.23. The molecule has 9 heteroatoms. The molecule has 0 spiro atoms. The van der Waals surface area contributed by atoms with Gasteiger partial charge in [-0.3, -0.25) is 0 Å². The third-order valence-electron chi connectivity index (χ3n) is 4.39. The van der Waals surface area contributed by atoms with Gasteiger partial charge < -0.3 is 14.8 Å². The summed E-state index contributed by atoms with van der Waals surface area (Å²) in [5, 5.41) is 3.21. The number of benzene rings is 1. The zero-order chi connectivity index (χ0) is 17.0. The molecule has 2 N–H and O–H groups in total. The van der Waals surface area contributed by atoms with Crippen LogP contribution < -0.4 is 14.8 Å². The predicted molar refractivity (Wildman–Crippen MR) is 94.3 cm³/mol. The highest BCUT2D eigenvalue weighted by Gasteiger charge is 2.21. The number of ether oxygens (including phenoxy) is 2. The van der Waals surface area contributed by atoms with Crippen molar-refractivity contribution in [2.45, 2.75) is 30.2 Å². The van der Waals surface area contributed by atoms with Gasteiger partial charge in [0.05, 0.1) is 18.1 Å². The molecule has 25 heavy (non-hydrogen) atoms. The number of hydrogen-bond acceptors (Lipinski definition) is 5. The Morgan fingerprint density at radius 3 is 2.84 bits per heavy atom. The fourth-order valence-corrected chi connectivity index (χ4v) is 4.01. The van der Waals surface area contributed by atoms with Gasteiger partial charge in [-0.25, -0.2) is 17.5 Å². The Bertz CT molecular complexity index is 662. The minimum atomic E-state index is -3.72. The standard InChI is InChI=1S/C16H23FN2O4S.ClH/c17-15-8-14(24(20,21)19-9-13-2-1-6-18-13)3-4-16(15)23-11-12-5-7-22-10-12;/h3-4,8,12-13,18-19H,1-2,5-7,9-11H2;1H. The van der Waals surface area contributed by atoms with E-state index in [-0.39, 0.29) is 35.0 Å². The lowest BCUT2D eigenvalue weighted by atomic mass is 10.1. The van der Waals surface area contributed by atoms with Crippen LogP contribution in [0.2, 0.25) is 0 Å². The quantitative estimate of drug-likeness (QED) is 0.736. The SMILES string of the molecule is Cl.O=S(=O)(NCC1CCCN1)c1ccc(OCC2CCOC2)c(F)c1. The molecule has 0 bridgehead atoms. The van der Waals surface area contributed by atoms with Crippen molar-refractivity contribution in [3.8, 4) is 5.75 Å². The fourth-order valence-electron chi connectivity index (χ4n) is 2.91. The van der Waals surface area contributed by atoms with Crippen LogP contribution in [0.4, 0.5) is 4.39 Å². The lowest BCUT2D eigenvalue weighted by Crippen LogP contribution is -2.37. The van der Waals surface area contributed by atoms with Gasteiger partial charge in [-0.15, -0.1) is 12.4 Å². The summed E-state index contributed by atoms with van der Waals surface area (Å²) in [5.74, 6) is -0.345. The molecule has 0 amide bonds. The Hall–Kier alpha value is -0.930. The highest BCUT2D eigenvalue weighted by atomic mass is 35.5. The summed E-state index contributed by atoms with van der Waals surface area (Å²) in [6, 6.07) is 3.88. The van der Waals surface area contributed by atoms with Crippen molar-refractivity contribution in [2.75, 3.05) is 32.9 Å². The van der Waals surface area contributed by atoms with E-state index in [4.69, 9.17) is 9.47 Å². The topological polar surface area (TPSA) is 76.7 Å². The number of sulfonamides is 1. The van der Waals surface area contributed by atoms with E-state index >= 15 is 0 Å². The van der Waals surface area contributed by atoms with Crippen LogP contribution in [0.5, 0.6) is 5.75 Å². The van der Waals surface area contributed by atoms with Gasteiger partial charge in [0, 0.05) is 25.1 Å². The molecule has 2 saturated heterocycles. The second kappa shape index (κ2) is 9.14. The lowest BCUT2D eigenvalue weighted by molar-refractivity contribution is 0.165. The molecule has 2 aliphatic rings. The van der Waals surface area contributed by atoms with E-state index in [0.29, 0.717) is 26.4 Å². The van der Waals surface area contributed by atoms with Crippen LogP contribution in [0.15, 0.2) is 23.1 Å². The molecule has 3 rings (SSSR count). The van der Waals surface area contributed by atoms with Crippen LogP contribution in [0.1, 0.15) is 19.3 Å². The van der Waals surface area contributed by atoms with Gasteiger partial charge in [0.15, 0.2) is 11.6 Å². The van der Waals surface area contributed by atoms with Crippen LogP contribution in [0, 0.1) is 11.7 Å². The summed E-state index contributed by atoms with van der Waals surface area (Å²) in [6.45, 7) is 2.90. The van der Waals surface area contributed by atoms with E-state index in [1.807, 2.05) is 0 Å². The van der Waals surface area contributed by atoms with Crippen molar-refractivity contribution in [3.05, 3.63) is 24.0 Å². The Kier molecular flexibility index (Phi) is 7.45. The maximum Gasteiger partial charge on any atom is 0.240 e. The Balaban J connectivity index is 0.00000225. The van der Waals surface area contributed by atoms with Crippen LogP contribution in [-0.4, -0.2) is 47.4 Å². The average molecular weight is 395 g/mol. The zero-order valence-electron chi connectivity index (χ0n) is 13.9. The molecule has 2 atom stereocenters. The van der Waals surface area contributed by atoms with Gasteiger partial charge in [0.1, 0.15) is 0 Å². The molecule has 2 fully saturated rings. The van der Waals surface area contributed by atoms with Crippen molar-refractivity contribution in [1.82, 2.24) is 10.0 Å². The fraction of sp³-hybridized carbons (Fsp3) is 0.625. The smallest absolute Gasteiger partial charge is 0.240 e. The number of hydrogen-bond donors (Lipinski definition) is 2. The first-order valence-corrected chi connectivity index (χ1v) is 9.76. The average Bonchev–Trinajstić information content (AvgIpc) is 3.25. The van der Waals surface area contributed by atoms with E-state index in [1.54, 1.807) is 0 Å². The van der Waals surface area contributed by atoms with Crippen LogP contribution in [-0.2, 0) is 14.8 Å². The maximum atomic E-state index is 14.1. The molecule has 6 nitrogen and oxygen atoms in total. The number of halogens is 2. The van der Waals surface area contributed by atoms with Gasteiger partial charge in [-0.1, -0.05) is 0 Å². The lowest BCUT2D eigenvalue weighted by Gasteiger charge is -2.14. The van der Waals surface area contributed by atoms with Gasteiger partial charge >= 0.3 is 0 Å². The molecular formula is C16H24ClFN2O4S. The minimum absolute atomic E-state index is 0. The third kappa shape index (κ3) is 5.52. The maximum absolute atomic E-state index is 14.1. The van der Waals surface area contributed by atoms with Gasteiger partial charge in [0.25, 0.3) is 0 Å². The van der Waals surface area contributed by atoms with E-state index in [2.05, 4.69) is 10.0 Å². The zero-order valence-corrected chi connectivity index (χ0v) is 15.5. The van der Waals surface area contributed by atoms with E-state index < -0.39 is 15.8 Å². The minimum Gasteiger partial charge on any atom is -0.490 e. The predicted octanol–water partition coefficient (Wildman–Crippen LogP) is 1.69. The van der Waals surface area contributed by atoms with Crippen molar-refractivity contribution in [2.24, 2.45) is 5.92 Å². The Morgan fingerprint density at radius 2 is 2.20 bits per heavy atom. The molecule has 2 aliphatic heterocycles. The first-order valence-electron chi connectivity index (χ1n) is 8.28. The summed E-state index contributed by atoms with van der Waals surface area (Å²) in [5.41, 5.74) is 0. The second-order valence-electron chi connectivity index (χ2n) is 6.28. The number of nitrogens with one attached hydrogen (secondary N) is 2. The van der Waals surface area contributed by atoms with Crippen LogP contribution >= 0.6 is 12.4 Å². The summed E-state index contributed by atoms with van der Waals surface area (Å²) >= 11 is 0. The van der Waals surface area contributed by atoms with Crippen molar-refractivity contribution >= 4 is 22.4 Å². The van der Waals surface area contributed by atoms with Crippen LogP contribution in [0.3, 0.4) is 0 Å². The van der Waals surface area contributed by atoms with E-state index in [9.17, 15) is 12.8 Å². The third-order valence-corrected chi connectivity index (χ3v) is 5.82. The van der Waals surface area contributed by atoms with E-state index in [0.717, 1.165) is 31.9 Å². The molecule has 1 aromatic carbocycles. The molecule has 0 aliphatic carbocycles. The first kappa shape index (κ1) is 20.4. The summed E-state index contributed by atoms with van der Waals surface area (Å²) in [6.07, 6.45) is 2.88. The number of rotatable bonds is 7. The molecular weight excluding hydrogens is 371 g/mol. The molecule has 2 heterocycles. The monoisotopic (exact) mass is 394 g/mol. The van der Waals surface area contributed by atoms with Crippen molar-refractivity contribution < 1.29 is 22.3 Å². The van der Waals surface area contributed by atoms with Gasteiger partial charge in [-0.05, 0) is 44.0 Å². The molecule has 0 saturated carbocycles. The summed E-state index contributed by atoms with van der Waals surface area (Å²) in [4.78, 5) is -0.0884. The summed E-state index contributed by atoms with van der Waals surface area (Å²) in [7, 11) is -3.72. The van der Waals surface area contributed by atoms with Gasteiger partial charge in [-0.2, -0.15) is 0 Å². The normalized spacial score (nSPS) is 23.4. The Labute approximate surface area is 153 Å². The van der Waals surface area contributed by atoms with E-state index in [1.165, 1.54) is 12.1 Å². The largest absolute Gasteiger partial charge is 0.490 e. The molecule has 1 aromatic rings. The molecule has 0 radical (unpaired) electrons. The second-order valence-corrected chi connectivity index (χ2v) is 8.04. The van der Waals surface area contributed by atoms with Gasteiger partial charge in [0.2, 0.25) is 10.0 Å². The van der Waals surface area contributed by atoms with Crippen molar-refractivity contribution in [3.63, 3.8) is 0 Å². The summed E-state index contributed by atoms with van der Waals surface area (Å²) < 4.78 is 51.9. The highest BCUT2D eigenvalue weighted by molar-refractivity contribution is 7.89. The van der Waals surface area contributed by atoms with Crippen molar-refractivity contribution in [1.29, 1.82) is 0 Å².